The molecular weight excluding hydrogens is 409 g/mol. The van der Waals surface area contributed by atoms with E-state index in [0.717, 1.165) is 53.5 Å². The maximum Gasteiger partial charge on any atom is 0.340 e. The number of nitrogens with zero attached hydrogens (tertiary/aromatic N) is 1. The van der Waals surface area contributed by atoms with Crippen LogP contribution in [-0.2, 0) is 33.6 Å². The van der Waals surface area contributed by atoms with E-state index in [1.54, 1.807) is 6.08 Å². The summed E-state index contributed by atoms with van der Waals surface area (Å²) in [5.41, 5.74) is 6.88. The summed E-state index contributed by atoms with van der Waals surface area (Å²) >= 11 is 0. The first kappa shape index (κ1) is 21.0. The summed E-state index contributed by atoms with van der Waals surface area (Å²) in [5, 5.41) is 11.5. The molecule has 2 aromatic rings. The van der Waals surface area contributed by atoms with Crippen molar-refractivity contribution in [1.29, 1.82) is 0 Å². The fourth-order valence-corrected chi connectivity index (χ4v) is 5.48. The highest BCUT2D eigenvalue weighted by Gasteiger charge is 2.36. The van der Waals surface area contributed by atoms with Crippen LogP contribution >= 0.6 is 0 Å². The first-order valence-electron chi connectivity index (χ1n) is 11.3. The van der Waals surface area contributed by atoms with Crippen LogP contribution in [0, 0.1) is 18.7 Å². The third-order valence-electron chi connectivity index (χ3n) is 7.15. The molecule has 2 heterocycles. The minimum atomic E-state index is -1.49. The molecule has 1 N–H and O–H groups in total. The highest BCUT2D eigenvalue weighted by Crippen LogP contribution is 2.40. The van der Waals surface area contributed by atoms with Gasteiger partial charge in [-0.15, -0.1) is 0 Å². The molecule has 0 spiro atoms. The van der Waals surface area contributed by atoms with Gasteiger partial charge in [-0.3, -0.25) is 4.79 Å². The second kappa shape index (κ2) is 7.62. The molecule has 3 aliphatic rings. The van der Waals surface area contributed by atoms with Crippen LogP contribution in [0.15, 0.2) is 23.3 Å². The third kappa shape index (κ3) is 3.04. The Kier molecular flexibility index (Phi) is 5.01. The van der Waals surface area contributed by atoms with Crippen LogP contribution in [0.25, 0.3) is 16.5 Å². The quantitative estimate of drug-likeness (QED) is 0.723. The number of halogens is 1. The lowest BCUT2D eigenvalue weighted by Gasteiger charge is -2.25. The molecular formula is C26H26FNO4. The van der Waals surface area contributed by atoms with E-state index in [-0.39, 0.29) is 24.1 Å². The average Bonchev–Trinajstić information content (AvgIpc) is 2.91. The molecule has 6 heteroatoms. The number of carbonyl (C=O) groups excluding carboxylic acids is 2. The SMILES string of the molecule is CCc1c(C2=CC3=C(COC(=O)C3O)C(=O)C(C)C2)nc2cc(F)c(C)c3c2c1CCC3. The van der Waals surface area contributed by atoms with Crippen LogP contribution in [-0.4, -0.2) is 34.6 Å². The van der Waals surface area contributed by atoms with Crippen molar-refractivity contribution < 1.29 is 23.8 Å². The first-order valence-corrected chi connectivity index (χ1v) is 11.3. The Labute approximate surface area is 186 Å². The standard InChI is InChI=1S/C26H26FNO4/c1-4-15-17-7-5-6-16-13(3)20(27)10-21(22(16)17)28-23(15)14-8-12(2)24(29)19-11-32-26(31)25(30)18(19)9-14/h9-10,12,25,30H,4-8,11H2,1-3H3. The molecule has 166 valence electrons. The van der Waals surface area contributed by atoms with Gasteiger partial charge < -0.3 is 9.84 Å². The van der Waals surface area contributed by atoms with Crippen LogP contribution in [0.1, 0.15) is 54.6 Å². The van der Waals surface area contributed by atoms with Gasteiger partial charge in [0.25, 0.3) is 0 Å². The van der Waals surface area contributed by atoms with Gasteiger partial charge in [0, 0.05) is 28.5 Å². The zero-order valence-electron chi connectivity index (χ0n) is 18.5. The van der Waals surface area contributed by atoms with Gasteiger partial charge in [-0.05, 0) is 72.9 Å². The zero-order valence-corrected chi connectivity index (χ0v) is 18.5. The predicted octanol–water partition coefficient (Wildman–Crippen LogP) is 3.94. The van der Waals surface area contributed by atoms with Crippen molar-refractivity contribution in [2.75, 3.05) is 6.61 Å². The van der Waals surface area contributed by atoms with Gasteiger partial charge in [-0.2, -0.15) is 0 Å². The van der Waals surface area contributed by atoms with Gasteiger partial charge in [0.1, 0.15) is 12.4 Å². The molecule has 0 radical (unpaired) electrons. The van der Waals surface area contributed by atoms with E-state index in [2.05, 4.69) is 6.92 Å². The number of esters is 1. The van der Waals surface area contributed by atoms with E-state index in [1.165, 1.54) is 11.6 Å². The number of carbonyl (C=O) groups is 2. The van der Waals surface area contributed by atoms with Crippen molar-refractivity contribution in [2.45, 2.75) is 59.0 Å². The van der Waals surface area contributed by atoms with Gasteiger partial charge in [0.2, 0.25) is 0 Å². The number of aryl methyl sites for hydroxylation is 2. The molecule has 0 bridgehead atoms. The van der Waals surface area contributed by atoms with E-state index in [4.69, 9.17) is 9.72 Å². The van der Waals surface area contributed by atoms with Crippen LogP contribution in [0.2, 0.25) is 0 Å². The molecule has 0 fully saturated rings. The molecule has 5 nitrogen and oxygen atoms in total. The number of allylic oxidation sites excluding steroid dienone is 1. The summed E-state index contributed by atoms with van der Waals surface area (Å²) in [4.78, 5) is 29.9. The van der Waals surface area contributed by atoms with E-state index in [9.17, 15) is 19.1 Å². The molecule has 1 aliphatic heterocycles. The number of benzene rings is 1. The fraction of sp³-hybridized carbons (Fsp3) is 0.423. The number of aromatic nitrogens is 1. The van der Waals surface area contributed by atoms with Crippen LogP contribution in [0.4, 0.5) is 4.39 Å². The van der Waals surface area contributed by atoms with Crippen molar-refractivity contribution in [3.63, 3.8) is 0 Å². The van der Waals surface area contributed by atoms with E-state index < -0.39 is 12.1 Å². The van der Waals surface area contributed by atoms with Crippen LogP contribution < -0.4 is 0 Å². The Morgan fingerprint density at radius 3 is 2.75 bits per heavy atom. The number of ketones is 1. The highest BCUT2D eigenvalue weighted by molar-refractivity contribution is 6.04. The van der Waals surface area contributed by atoms with Gasteiger partial charge >= 0.3 is 5.97 Å². The Hall–Kier alpha value is -2.86. The van der Waals surface area contributed by atoms with Gasteiger partial charge in [-0.1, -0.05) is 13.8 Å². The summed E-state index contributed by atoms with van der Waals surface area (Å²) in [5.74, 6) is -1.47. The smallest absolute Gasteiger partial charge is 0.340 e. The normalized spacial score (nSPS) is 23.1. The van der Waals surface area contributed by atoms with E-state index in [0.29, 0.717) is 28.6 Å². The molecule has 32 heavy (non-hydrogen) atoms. The van der Waals surface area contributed by atoms with Crippen LogP contribution in [0.5, 0.6) is 0 Å². The Bertz CT molecular complexity index is 1260. The summed E-state index contributed by atoms with van der Waals surface area (Å²) in [6.07, 6.45) is 4.14. The van der Waals surface area contributed by atoms with Crippen molar-refractivity contribution >= 4 is 28.2 Å². The monoisotopic (exact) mass is 435 g/mol. The van der Waals surface area contributed by atoms with Gasteiger partial charge in [-0.25, -0.2) is 14.2 Å². The van der Waals surface area contributed by atoms with E-state index >= 15 is 0 Å². The number of hydrogen-bond acceptors (Lipinski definition) is 5. The number of Topliss-reactive ketones (excluding diaryl/α,β-unsaturated/α-hetero) is 1. The van der Waals surface area contributed by atoms with E-state index in [1.807, 2.05) is 13.8 Å². The minimum absolute atomic E-state index is 0.122. The van der Waals surface area contributed by atoms with Crippen molar-refractivity contribution in [2.24, 2.45) is 5.92 Å². The second-order valence-corrected chi connectivity index (χ2v) is 9.06. The number of pyridine rings is 1. The topological polar surface area (TPSA) is 76.5 Å². The Morgan fingerprint density at radius 2 is 2.00 bits per heavy atom. The number of rotatable bonds is 2. The molecule has 0 saturated heterocycles. The third-order valence-corrected chi connectivity index (χ3v) is 7.15. The minimum Gasteiger partial charge on any atom is -0.458 e. The lowest BCUT2D eigenvalue weighted by atomic mass is 9.82. The molecule has 5 rings (SSSR count). The molecule has 0 amide bonds. The predicted molar refractivity (Wildman–Crippen MR) is 119 cm³/mol. The van der Waals surface area contributed by atoms with Crippen molar-refractivity contribution in [3.05, 3.63) is 57.1 Å². The van der Waals surface area contributed by atoms with Crippen molar-refractivity contribution in [1.82, 2.24) is 4.98 Å². The van der Waals surface area contributed by atoms with Gasteiger partial charge in [0.15, 0.2) is 11.9 Å². The summed E-state index contributed by atoms with van der Waals surface area (Å²) < 4.78 is 19.7. The maximum absolute atomic E-state index is 14.7. The molecule has 2 atom stereocenters. The molecule has 0 saturated carbocycles. The number of cyclic esters (lactones) is 1. The number of aliphatic hydroxyl groups is 1. The molecule has 1 aromatic heterocycles. The summed E-state index contributed by atoms with van der Waals surface area (Å²) in [6.45, 7) is 5.63. The Morgan fingerprint density at radius 1 is 1.25 bits per heavy atom. The van der Waals surface area contributed by atoms with Gasteiger partial charge in [0.05, 0.1) is 11.2 Å². The summed E-state index contributed by atoms with van der Waals surface area (Å²) in [6, 6.07) is 1.51. The second-order valence-electron chi connectivity index (χ2n) is 9.06. The average molecular weight is 435 g/mol. The zero-order chi connectivity index (χ0) is 22.7. The first-order chi connectivity index (χ1) is 15.3. The number of ether oxygens (including phenoxy) is 1. The molecule has 2 aliphatic carbocycles. The fourth-order valence-electron chi connectivity index (χ4n) is 5.48. The summed E-state index contributed by atoms with van der Waals surface area (Å²) in [7, 11) is 0. The number of aliphatic hydroxyl groups excluding tert-OH is 1. The molecule has 1 aromatic carbocycles. The van der Waals surface area contributed by atoms with Crippen molar-refractivity contribution in [3.8, 4) is 0 Å². The van der Waals surface area contributed by atoms with Crippen LogP contribution in [0.3, 0.4) is 0 Å². The maximum atomic E-state index is 14.7. The number of hydrogen-bond donors (Lipinski definition) is 1. The lowest BCUT2D eigenvalue weighted by Crippen LogP contribution is -2.34. The largest absolute Gasteiger partial charge is 0.458 e. The Balaban J connectivity index is 1.79. The lowest BCUT2D eigenvalue weighted by molar-refractivity contribution is -0.152. The molecule has 2 unspecified atom stereocenters. The highest BCUT2D eigenvalue weighted by atomic mass is 19.1.